The number of aryl methyl sites for hydroxylation is 1. The van der Waals surface area contributed by atoms with E-state index in [1.54, 1.807) is 67.0 Å². The van der Waals surface area contributed by atoms with Gasteiger partial charge in [0, 0.05) is 36.3 Å². The molecule has 1 saturated heterocycles. The number of ether oxygens (including phenoxy) is 1. The van der Waals surface area contributed by atoms with Crippen molar-refractivity contribution in [1.29, 1.82) is 0 Å². The molecule has 0 spiro atoms. The lowest BCUT2D eigenvalue weighted by Gasteiger charge is -2.25. The quantitative estimate of drug-likeness (QED) is 0.269. The first-order valence-electron chi connectivity index (χ1n) is 12.0. The maximum absolute atomic E-state index is 13.4. The molecule has 1 atom stereocenters. The molecule has 0 aliphatic carbocycles. The second-order valence-electron chi connectivity index (χ2n) is 9.37. The number of nitrogens with zero attached hydrogens (tertiary/aromatic N) is 2. The molecule has 0 radical (unpaired) electrons. The number of benzene rings is 2. The van der Waals surface area contributed by atoms with Crippen molar-refractivity contribution in [3.63, 3.8) is 0 Å². The van der Waals surface area contributed by atoms with Gasteiger partial charge in [-0.15, -0.1) is 0 Å². The summed E-state index contributed by atoms with van der Waals surface area (Å²) in [5.74, 6) is -1.08. The molecule has 2 heterocycles. The molecule has 1 aromatic heterocycles. The molecule has 1 fully saturated rings. The topological polar surface area (TPSA) is 109 Å². The number of pyridine rings is 1. The number of Topliss-reactive ketones (excluding diaryl/α,β-unsaturated/α-hetero) is 1. The average Bonchev–Trinajstić information content (AvgIpc) is 3.13. The Bertz CT molecular complexity index is 1380. The van der Waals surface area contributed by atoms with Crippen LogP contribution >= 0.6 is 0 Å². The van der Waals surface area contributed by atoms with Gasteiger partial charge >= 0.3 is 0 Å². The summed E-state index contributed by atoms with van der Waals surface area (Å²) in [6.07, 6.45) is 3.13. The van der Waals surface area contributed by atoms with Gasteiger partial charge in [0.1, 0.15) is 11.5 Å². The van der Waals surface area contributed by atoms with Gasteiger partial charge < -0.3 is 15.2 Å². The molecule has 1 aliphatic heterocycles. The van der Waals surface area contributed by atoms with E-state index in [0.29, 0.717) is 40.8 Å². The molecule has 2 N–H and O–H groups in total. The predicted molar refractivity (Wildman–Crippen MR) is 141 cm³/mol. The number of ketones is 1. The van der Waals surface area contributed by atoms with E-state index in [1.807, 2.05) is 6.92 Å². The molecule has 0 bridgehead atoms. The summed E-state index contributed by atoms with van der Waals surface area (Å²) in [5.41, 5.74) is 2.65. The van der Waals surface area contributed by atoms with Crippen molar-refractivity contribution in [1.82, 2.24) is 4.98 Å². The molecule has 37 heavy (non-hydrogen) atoms. The lowest BCUT2D eigenvalue weighted by Crippen LogP contribution is -2.29. The van der Waals surface area contributed by atoms with Gasteiger partial charge in [0.2, 0.25) is 5.91 Å². The average molecular weight is 500 g/mol. The minimum absolute atomic E-state index is 0.0311. The lowest BCUT2D eigenvalue weighted by atomic mass is 9.95. The highest BCUT2D eigenvalue weighted by atomic mass is 16.5. The maximum Gasteiger partial charge on any atom is 0.300 e. The number of hydrogen-bond donors (Lipinski definition) is 2. The summed E-state index contributed by atoms with van der Waals surface area (Å²) in [4.78, 5) is 43.7. The van der Waals surface area contributed by atoms with Crippen molar-refractivity contribution < 1.29 is 24.2 Å². The minimum atomic E-state index is -0.896. The molecule has 2 aromatic carbocycles. The highest BCUT2D eigenvalue weighted by Crippen LogP contribution is 2.42. The SMILES string of the molecule is CC(=O)Nc1cccc(N2C(=O)C(=O)/C(=C(/O)c3ccc(OCC(C)C)c(C)c3)C2c2ccncc2)c1. The molecule has 4 rings (SSSR count). The van der Waals surface area contributed by atoms with E-state index in [1.165, 1.54) is 11.8 Å². The van der Waals surface area contributed by atoms with E-state index < -0.39 is 17.7 Å². The number of rotatable bonds is 7. The second kappa shape index (κ2) is 10.7. The van der Waals surface area contributed by atoms with Crippen LogP contribution in [-0.2, 0) is 14.4 Å². The molecule has 1 aliphatic rings. The number of aliphatic hydroxyl groups excluding tert-OH is 1. The Labute approximate surface area is 215 Å². The largest absolute Gasteiger partial charge is 0.507 e. The zero-order valence-corrected chi connectivity index (χ0v) is 21.2. The summed E-state index contributed by atoms with van der Waals surface area (Å²) in [7, 11) is 0. The molecule has 8 nitrogen and oxygen atoms in total. The van der Waals surface area contributed by atoms with Crippen LogP contribution < -0.4 is 15.0 Å². The Morgan fingerprint density at radius 1 is 1.11 bits per heavy atom. The second-order valence-corrected chi connectivity index (χ2v) is 9.37. The highest BCUT2D eigenvalue weighted by Gasteiger charge is 2.47. The van der Waals surface area contributed by atoms with Crippen LogP contribution in [0.3, 0.4) is 0 Å². The molecule has 190 valence electrons. The van der Waals surface area contributed by atoms with E-state index in [-0.39, 0.29) is 17.2 Å². The zero-order valence-electron chi connectivity index (χ0n) is 21.2. The van der Waals surface area contributed by atoms with Crippen LogP contribution in [0, 0.1) is 12.8 Å². The van der Waals surface area contributed by atoms with Crippen LogP contribution in [-0.4, -0.2) is 34.3 Å². The molecular formula is C29H29N3O5. The van der Waals surface area contributed by atoms with Gasteiger partial charge in [0.05, 0.1) is 18.2 Å². The van der Waals surface area contributed by atoms with Crippen LogP contribution in [0.1, 0.15) is 43.5 Å². The van der Waals surface area contributed by atoms with Gasteiger partial charge in [0.15, 0.2) is 0 Å². The monoisotopic (exact) mass is 499 g/mol. The molecular weight excluding hydrogens is 470 g/mol. The summed E-state index contributed by atoms with van der Waals surface area (Å²) in [6.45, 7) is 7.91. The number of anilines is 2. The van der Waals surface area contributed by atoms with E-state index in [0.717, 1.165) is 5.56 Å². The number of carbonyl (C=O) groups excluding carboxylic acids is 3. The van der Waals surface area contributed by atoms with Gasteiger partial charge in [-0.25, -0.2) is 0 Å². The first kappa shape index (κ1) is 25.6. The van der Waals surface area contributed by atoms with Crippen LogP contribution in [0.15, 0.2) is 72.6 Å². The fraction of sp³-hybridized carbons (Fsp3) is 0.241. The van der Waals surface area contributed by atoms with Crippen molar-refractivity contribution >= 4 is 34.7 Å². The summed E-state index contributed by atoms with van der Waals surface area (Å²) >= 11 is 0. The number of amides is 2. The number of aliphatic hydroxyl groups is 1. The number of aromatic nitrogens is 1. The van der Waals surface area contributed by atoms with Gasteiger partial charge in [-0.3, -0.25) is 24.3 Å². The van der Waals surface area contributed by atoms with Crippen LogP contribution in [0.2, 0.25) is 0 Å². The van der Waals surface area contributed by atoms with Crippen LogP contribution in [0.25, 0.3) is 5.76 Å². The maximum atomic E-state index is 13.4. The predicted octanol–water partition coefficient (Wildman–Crippen LogP) is 5.01. The van der Waals surface area contributed by atoms with Gasteiger partial charge in [-0.2, -0.15) is 0 Å². The molecule has 1 unspecified atom stereocenters. The Morgan fingerprint density at radius 2 is 1.84 bits per heavy atom. The van der Waals surface area contributed by atoms with E-state index >= 15 is 0 Å². The van der Waals surface area contributed by atoms with Crippen molar-refractivity contribution in [2.24, 2.45) is 5.92 Å². The van der Waals surface area contributed by atoms with Crippen molar-refractivity contribution in [3.8, 4) is 5.75 Å². The smallest absolute Gasteiger partial charge is 0.300 e. The summed E-state index contributed by atoms with van der Waals surface area (Å²) in [5, 5.41) is 14.1. The molecule has 8 heteroatoms. The van der Waals surface area contributed by atoms with Crippen molar-refractivity contribution in [3.05, 3.63) is 89.3 Å². The van der Waals surface area contributed by atoms with Crippen molar-refractivity contribution in [2.75, 3.05) is 16.8 Å². The Balaban J connectivity index is 1.83. The number of hydrogen-bond acceptors (Lipinski definition) is 6. The summed E-state index contributed by atoms with van der Waals surface area (Å²) in [6, 6.07) is 14.3. The first-order valence-corrected chi connectivity index (χ1v) is 12.0. The minimum Gasteiger partial charge on any atom is -0.507 e. The molecule has 0 saturated carbocycles. The fourth-order valence-electron chi connectivity index (χ4n) is 4.27. The third-order valence-corrected chi connectivity index (χ3v) is 5.93. The lowest BCUT2D eigenvalue weighted by molar-refractivity contribution is -0.132. The zero-order chi connectivity index (χ0) is 26.7. The number of nitrogens with one attached hydrogen (secondary N) is 1. The van der Waals surface area contributed by atoms with Crippen molar-refractivity contribution in [2.45, 2.75) is 33.7 Å². The van der Waals surface area contributed by atoms with Crippen LogP contribution in [0.5, 0.6) is 5.75 Å². The third kappa shape index (κ3) is 5.38. The van der Waals surface area contributed by atoms with Gasteiger partial charge in [0.25, 0.3) is 11.7 Å². The number of carbonyl (C=O) groups is 3. The molecule has 3 aromatic rings. The molecule has 2 amide bonds. The Morgan fingerprint density at radius 3 is 2.49 bits per heavy atom. The fourth-order valence-corrected chi connectivity index (χ4v) is 4.27. The standard InChI is InChI=1S/C29H29N3O5/c1-17(2)16-37-24-9-8-21(14-18(24)3)27(34)25-26(20-10-12-30-13-11-20)32(29(36)28(25)35)23-7-5-6-22(15-23)31-19(4)33/h5-15,17,26,34H,16H2,1-4H3,(H,31,33)/b27-25+. The normalized spacial score (nSPS) is 16.8. The summed E-state index contributed by atoms with van der Waals surface area (Å²) < 4.78 is 5.84. The Kier molecular flexibility index (Phi) is 7.38. The third-order valence-electron chi connectivity index (χ3n) is 5.93. The highest BCUT2D eigenvalue weighted by molar-refractivity contribution is 6.51. The van der Waals surface area contributed by atoms with Gasteiger partial charge in [-0.05, 0) is 72.5 Å². The van der Waals surface area contributed by atoms with E-state index in [4.69, 9.17) is 4.74 Å². The van der Waals surface area contributed by atoms with E-state index in [2.05, 4.69) is 24.1 Å². The van der Waals surface area contributed by atoms with E-state index in [9.17, 15) is 19.5 Å². The van der Waals surface area contributed by atoms with Crippen LogP contribution in [0.4, 0.5) is 11.4 Å². The first-order chi connectivity index (χ1) is 17.7. The van der Waals surface area contributed by atoms with Gasteiger partial charge in [-0.1, -0.05) is 19.9 Å². The Hall–Kier alpha value is -4.46.